The summed E-state index contributed by atoms with van der Waals surface area (Å²) in [6.45, 7) is 0. The van der Waals surface area contributed by atoms with Gasteiger partial charge in [0.05, 0.1) is 11.0 Å². The van der Waals surface area contributed by atoms with E-state index in [4.69, 9.17) is 0 Å². The minimum absolute atomic E-state index is 0.0226. The normalized spacial score (nSPS) is 27.5. The van der Waals surface area contributed by atoms with Crippen molar-refractivity contribution in [1.29, 1.82) is 0 Å². The van der Waals surface area contributed by atoms with E-state index in [9.17, 15) is 14.7 Å². The first-order valence-electron chi connectivity index (χ1n) is 13.6. The van der Waals surface area contributed by atoms with Gasteiger partial charge in [-0.2, -0.15) is 0 Å². The Kier molecular flexibility index (Phi) is 5.48. The predicted octanol–water partition coefficient (Wildman–Crippen LogP) is 4.65. The minimum atomic E-state index is -0.503. The van der Waals surface area contributed by atoms with Crippen LogP contribution >= 0.6 is 0 Å². The van der Waals surface area contributed by atoms with Crippen LogP contribution in [-0.2, 0) is 6.42 Å². The number of nitrogens with one attached hydrogen (secondary N) is 1. The molecule has 0 unspecified atom stereocenters. The van der Waals surface area contributed by atoms with Crippen LogP contribution in [0.2, 0.25) is 0 Å². The number of aliphatic hydroxyl groups is 1. The van der Waals surface area contributed by atoms with Gasteiger partial charge >= 0.3 is 0 Å². The van der Waals surface area contributed by atoms with E-state index in [1.54, 1.807) is 12.3 Å². The van der Waals surface area contributed by atoms with Crippen LogP contribution in [0.3, 0.4) is 0 Å². The third kappa shape index (κ3) is 4.04. The van der Waals surface area contributed by atoms with Gasteiger partial charge in [-0.05, 0) is 91.8 Å². The third-order valence-corrected chi connectivity index (χ3v) is 9.02. The average molecular weight is 506 g/mol. The second-order valence-electron chi connectivity index (χ2n) is 11.6. The fourth-order valence-corrected chi connectivity index (χ4v) is 7.57. The Morgan fingerprint density at radius 3 is 2.42 bits per heavy atom. The predicted molar refractivity (Wildman–Crippen MR) is 146 cm³/mol. The van der Waals surface area contributed by atoms with Crippen molar-refractivity contribution in [2.24, 2.45) is 17.8 Å². The molecule has 2 aromatic carbocycles. The Morgan fingerprint density at radius 1 is 0.974 bits per heavy atom. The number of amides is 1. The molecule has 0 saturated heterocycles. The topological polar surface area (TPSA) is 84.2 Å². The second kappa shape index (κ2) is 8.91. The number of benzene rings is 2. The highest BCUT2D eigenvalue weighted by molar-refractivity contribution is 5.94. The molecular weight excluding hydrogens is 474 g/mol. The van der Waals surface area contributed by atoms with Crippen molar-refractivity contribution >= 4 is 16.9 Å². The molecular formula is C32H31N3O3. The van der Waals surface area contributed by atoms with Crippen molar-refractivity contribution in [1.82, 2.24) is 14.9 Å². The first-order valence-corrected chi connectivity index (χ1v) is 13.6. The van der Waals surface area contributed by atoms with E-state index in [0.29, 0.717) is 46.3 Å². The lowest BCUT2D eigenvalue weighted by atomic mass is 9.52. The molecule has 4 bridgehead atoms. The Labute approximate surface area is 221 Å². The molecule has 6 nitrogen and oxygen atoms in total. The average Bonchev–Trinajstić information content (AvgIpc) is 2.92. The Morgan fingerprint density at radius 2 is 1.71 bits per heavy atom. The number of fused-ring (bicyclic) bond motifs is 1. The van der Waals surface area contributed by atoms with Crippen LogP contribution in [0.25, 0.3) is 16.7 Å². The molecule has 0 spiro atoms. The molecule has 4 saturated carbocycles. The second-order valence-corrected chi connectivity index (χ2v) is 11.6. The maximum absolute atomic E-state index is 13.3. The molecule has 4 aliphatic rings. The number of hydrogen-bond acceptors (Lipinski definition) is 4. The van der Waals surface area contributed by atoms with Gasteiger partial charge in [0.1, 0.15) is 5.65 Å². The van der Waals surface area contributed by atoms with Crippen LogP contribution in [0.4, 0.5) is 0 Å². The van der Waals surface area contributed by atoms with Crippen LogP contribution in [0.5, 0.6) is 0 Å². The van der Waals surface area contributed by atoms with Gasteiger partial charge < -0.3 is 15.0 Å². The summed E-state index contributed by atoms with van der Waals surface area (Å²) in [5.74, 6) is 1.32. The molecule has 4 aromatic rings. The number of para-hydroxylation sites is 1. The van der Waals surface area contributed by atoms with Gasteiger partial charge in [0.25, 0.3) is 5.91 Å². The van der Waals surface area contributed by atoms with E-state index in [1.165, 1.54) is 0 Å². The number of hydrogen-bond donors (Lipinski definition) is 2. The molecule has 2 N–H and O–H groups in total. The van der Waals surface area contributed by atoms with Crippen LogP contribution in [0.15, 0.2) is 83.9 Å². The maximum Gasteiger partial charge on any atom is 0.251 e. The summed E-state index contributed by atoms with van der Waals surface area (Å²) < 4.78 is 1.97. The van der Waals surface area contributed by atoms with Crippen molar-refractivity contribution in [3.8, 4) is 5.69 Å². The first-order chi connectivity index (χ1) is 18.5. The molecule has 6 heteroatoms. The Bertz CT molecular complexity index is 1560. The Hall–Kier alpha value is -3.77. The van der Waals surface area contributed by atoms with Gasteiger partial charge in [-0.1, -0.05) is 30.3 Å². The zero-order valence-electron chi connectivity index (χ0n) is 21.2. The fourth-order valence-electron chi connectivity index (χ4n) is 7.57. The van der Waals surface area contributed by atoms with Crippen LogP contribution in [-0.4, -0.2) is 32.2 Å². The monoisotopic (exact) mass is 505 g/mol. The summed E-state index contributed by atoms with van der Waals surface area (Å²) >= 11 is 0. The quantitative estimate of drug-likeness (QED) is 0.414. The maximum atomic E-state index is 13.3. The van der Waals surface area contributed by atoms with Crippen LogP contribution in [0, 0.1) is 17.8 Å². The van der Waals surface area contributed by atoms with Crippen LogP contribution in [0.1, 0.15) is 53.6 Å². The number of pyridine rings is 2. The summed E-state index contributed by atoms with van der Waals surface area (Å²) in [5.41, 5.74) is 3.34. The van der Waals surface area contributed by atoms with E-state index in [0.717, 1.165) is 43.4 Å². The van der Waals surface area contributed by atoms with Gasteiger partial charge in [0.15, 0.2) is 5.43 Å². The van der Waals surface area contributed by atoms with E-state index in [1.807, 2.05) is 71.4 Å². The highest BCUT2D eigenvalue weighted by Gasteiger charge is 2.55. The van der Waals surface area contributed by atoms with Crippen LogP contribution < -0.4 is 10.7 Å². The first kappa shape index (κ1) is 23.4. The lowest BCUT2D eigenvalue weighted by Gasteiger charge is -2.58. The molecule has 4 aliphatic carbocycles. The SMILES string of the molecule is O=C(N[C@@H]1[C@@H]2C[C@@H]3C[C@H]1C[C@@](O)(C3)C2)c1ccc(Cc2cn(-c3ccccc3)c3ncccc3c2=O)cc1. The molecule has 38 heavy (non-hydrogen) atoms. The highest BCUT2D eigenvalue weighted by Crippen LogP contribution is 2.55. The molecule has 2 heterocycles. The fraction of sp³-hybridized carbons (Fsp3) is 0.344. The summed E-state index contributed by atoms with van der Waals surface area (Å²) in [4.78, 5) is 31.0. The number of rotatable bonds is 5. The molecule has 1 amide bonds. The van der Waals surface area contributed by atoms with Gasteiger partial charge in [-0.15, -0.1) is 0 Å². The van der Waals surface area contributed by atoms with E-state index < -0.39 is 5.60 Å². The summed E-state index contributed by atoms with van der Waals surface area (Å²) in [6.07, 6.45) is 8.84. The summed E-state index contributed by atoms with van der Waals surface area (Å²) in [5, 5.41) is 14.7. The molecule has 8 rings (SSSR count). The van der Waals surface area contributed by atoms with Gasteiger partial charge in [-0.3, -0.25) is 9.59 Å². The molecule has 4 fully saturated rings. The third-order valence-electron chi connectivity index (χ3n) is 9.02. The molecule has 2 aromatic heterocycles. The van der Waals surface area contributed by atoms with Crippen molar-refractivity contribution in [3.63, 3.8) is 0 Å². The highest BCUT2D eigenvalue weighted by atomic mass is 16.3. The lowest BCUT2D eigenvalue weighted by Crippen LogP contribution is -2.61. The zero-order chi connectivity index (χ0) is 25.9. The Balaban J connectivity index is 1.12. The molecule has 192 valence electrons. The summed E-state index contributed by atoms with van der Waals surface area (Å²) in [7, 11) is 0. The number of nitrogens with zero attached hydrogens (tertiary/aromatic N) is 2. The largest absolute Gasteiger partial charge is 0.390 e. The standard InChI is InChI=1S/C32H31N3O3/c36-29-25(19-35(26-5-2-1-3-6-26)30-27(29)7-4-12-33-30)13-20-8-10-22(11-9-20)31(37)34-28-23-14-21-15-24(28)18-32(38,16-21)17-23/h1-12,19,21,23-24,28,38H,13-18H2,(H,34,37)/t21-,23-,24+,28-,32-. The van der Waals surface area contributed by atoms with Crippen molar-refractivity contribution in [2.45, 2.75) is 50.2 Å². The summed E-state index contributed by atoms with van der Waals surface area (Å²) in [6, 6.07) is 21.3. The molecule has 5 atom stereocenters. The van der Waals surface area contributed by atoms with Crippen molar-refractivity contribution < 1.29 is 9.90 Å². The van der Waals surface area contributed by atoms with E-state index in [2.05, 4.69) is 10.3 Å². The molecule has 0 radical (unpaired) electrons. The van der Waals surface area contributed by atoms with Gasteiger partial charge in [-0.25, -0.2) is 4.98 Å². The van der Waals surface area contributed by atoms with E-state index in [-0.39, 0.29) is 17.4 Å². The van der Waals surface area contributed by atoms with Crippen molar-refractivity contribution in [3.05, 3.63) is 106 Å². The van der Waals surface area contributed by atoms with Gasteiger partial charge in [0.2, 0.25) is 0 Å². The number of carbonyl (C=O) groups excluding carboxylic acids is 1. The number of carbonyl (C=O) groups is 1. The minimum Gasteiger partial charge on any atom is -0.390 e. The van der Waals surface area contributed by atoms with E-state index >= 15 is 0 Å². The van der Waals surface area contributed by atoms with Crippen molar-refractivity contribution in [2.75, 3.05) is 0 Å². The smallest absolute Gasteiger partial charge is 0.251 e. The number of aromatic nitrogens is 2. The lowest BCUT2D eigenvalue weighted by molar-refractivity contribution is -0.136. The molecule has 0 aliphatic heterocycles. The zero-order valence-corrected chi connectivity index (χ0v) is 21.2. The van der Waals surface area contributed by atoms with Gasteiger partial charge in [0, 0.05) is 41.7 Å².